The molecule has 0 amide bonds. The Balaban J connectivity index is 0.995. The zero-order valence-corrected chi connectivity index (χ0v) is 34.2. The first-order valence-electron chi connectivity index (χ1n) is 21.6. The minimum absolute atomic E-state index is 0.592. The first-order chi connectivity index (χ1) is 31.7. The molecule has 0 saturated heterocycles. The van der Waals surface area contributed by atoms with Crippen LogP contribution in [0.4, 0.5) is 0 Å². The minimum Gasteiger partial charge on any atom is -0.456 e. The predicted molar refractivity (Wildman–Crippen MR) is 262 cm³/mol. The highest BCUT2D eigenvalue weighted by atomic mass is 16.3. The highest BCUT2D eigenvalue weighted by molar-refractivity contribution is 6.19. The molecule has 5 heterocycles. The van der Waals surface area contributed by atoms with Gasteiger partial charge in [0, 0.05) is 72.0 Å². The molecule has 0 radical (unpaired) electrons. The number of benzene rings is 9. The van der Waals surface area contributed by atoms with E-state index in [4.69, 9.17) is 18.8 Å². The molecule has 0 N–H and O–H groups in total. The molecule has 0 aliphatic heterocycles. The lowest BCUT2D eigenvalue weighted by molar-refractivity contribution is 0.669. The third kappa shape index (κ3) is 5.20. The van der Waals surface area contributed by atoms with Gasteiger partial charge in [-0.25, -0.2) is 9.97 Å². The van der Waals surface area contributed by atoms with Crippen molar-refractivity contribution in [1.29, 1.82) is 0 Å². The van der Waals surface area contributed by atoms with E-state index in [1.54, 1.807) is 0 Å². The molecule has 0 unspecified atom stereocenters. The molecule has 0 aliphatic rings. The zero-order chi connectivity index (χ0) is 41.9. The molecule has 0 aliphatic carbocycles. The van der Waals surface area contributed by atoms with Gasteiger partial charge in [0.15, 0.2) is 0 Å². The van der Waals surface area contributed by atoms with Gasteiger partial charge in [-0.2, -0.15) is 0 Å². The van der Waals surface area contributed by atoms with Crippen molar-refractivity contribution in [3.8, 4) is 45.3 Å². The molecule has 6 nitrogen and oxygen atoms in total. The van der Waals surface area contributed by atoms with Crippen LogP contribution in [0, 0.1) is 0 Å². The minimum atomic E-state index is 0.592. The van der Waals surface area contributed by atoms with Crippen LogP contribution in [-0.2, 0) is 0 Å². The van der Waals surface area contributed by atoms with E-state index in [9.17, 15) is 0 Å². The van der Waals surface area contributed by atoms with E-state index in [-0.39, 0.29) is 0 Å². The van der Waals surface area contributed by atoms with Gasteiger partial charge in [0.05, 0.1) is 33.5 Å². The number of furan rings is 2. The van der Waals surface area contributed by atoms with Gasteiger partial charge >= 0.3 is 0 Å². The van der Waals surface area contributed by atoms with Crippen LogP contribution in [0.25, 0.3) is 133 Å². The number of aromatic nitrogens is 4. The first-order valence-corrected chi connectivity index (χ1v) is 21.6. The summed E-state index contributed by atoms with van der Waals surface area (Å²) in [6.07, 6.45) is 0. The van der Waals surface area contributed by atoms with E-state index in [1.807, 2.05) is 48.5 Å². The summed E-state index contributed by atoms with van der Waals surface area (Å²) in [5.41, 5.74) is 14.7. The summed E-state index contributed by atoms with van der Waals surface area (Å²) >= 11 is 0. The van der Waals surface area contributed by atoms with Crippen molar-refractivity contribution in [2.45, 2.75) is 0 Å². The molecule has 6 heteroatoms. The lowest BCUT2D eigenvalue weighted by Crippen LogP contribution is -2.04. The fourth-order valence-corrected chi connectivity index (χ4v) is 9.95. The molecular formula is C58H34N4O2. The monoisotopic (exact) mass is 818 g/mol. The fraction of sp³-hybridized carbons (Fsp3) is 0. The third-order valence-corrected chi connectivity index (χ3v) is 12.9. The van der Waals surface area contributed by atoms with Crippen LogP contribution in [0.1, 0.15) is 0 Å². The Morgan fingerprint density at radius 3 is 1.47 bits per heavy atom. The Kier molecular flexibility index (Phi) is 7.30. The van der Waals surface area contributed by atoms with Crippen LogP contribution in [0.5, 0.6) is 0 Å². The molecule has 14 aromatic rings. The second-order valence-electron chi connectivity index (χ2n) is 16.6. The molecule has 9 aromatic carbocycles. The Labute approximate surface area is 365 Å². The quantitative estimate of drug-likeness (QED) is 0.174. The van der Waals surface area contributed by atoms with Gasteiger partial charge in [-0.05, 0) is 77.9 Å². The number of nitrogens with zero attached hydrogens (tertiary/aromatic N) is 4. The van der Waals surface area contributed by atoms with Gasteiger partial charge in [0.1, 0.15) is 22.3 Å². The molecule has 0 spiro atoms. The second kappa shape index (κ2) is 13.4. The van der Waals surface area contributed by atoms with Crippen molar-refractivity contribution in [1.82, 2.24) is 19.1 Å². The number of para-hydroxylation sites is 3. The molecule has 64 heavy (non-hydrogen) atoms. The fourth-order valence-electron chi connectivity index (χ4n) is 9.95. The summed E-state index contributed by atoms with van der Waals surface area (Å²) in [7, 11) is 0. The van der Waals surface area contributed by atoms with Gasteiger partial charge in [0.25, 0.3) is 0 Å². The molecule has 0 bridgehead atoms. The zero-order valence-electron chi connectivity index (χ0n) is 34.2. The Morgan fingerprint density at radius 1 is 0.281 bits per heavy atom. The van der Waals surface area contributed by atoms with Crippen LogP contribution in [0.2, 0.25) is 0 Å². The SMILES string of the molecule is c1ccc(-c2cc(-c3ccccc3)nc(-n3c4ccc(-c5ccc6oc7cc8c(cc7c6c5)c5ccccc5n8-c5ccccc5)cc4c4cc5c(cc43)oc3ccccc35)n2)cc1. The average Bonchev–Trinajstić information content (AvgIpc) is 4.10. The normalized spacial score (nSPS) is 12.1. The summed E-state index contributed by atoms with van der Waals surface area (Å²) in [5.74, 6) is 0.592. The lowest BCUT2D eigenvalue weighted by atomic mass is 10.00. The first kappa shape index (κ1) is 34.9. The number of hydrogen-bond acceptors (Lipinski definition) is 4. The highest BCUT2D eigenvalue weighted by Crippen LogP contribution is 2.42. The number of fused-ring (bicyclic) bond motifs is 12. The predicted octanol–water partition coefficient (Wildman–Crippen LogP) is 15.5. The molecular weight excluding hydrogens is 785 g/mol. The van der Waals surface area contributed by atoms with Crippen molar-refractivity contribution < 1.29 is 8.83 Å². The van der Waals surface area contributed by atoms with Gasteiger partial charge < -0.3 is 13.4 Å². The van der Waals surface area contributed by atoms with Crippen molar-refractivity contribution in [3.63, 3.8) is 0 Å². The Morgan fingerprint density at radius 2 is 0.766 bits per heavy atom. The van der Waals surface area contributed by atoms with Gasteiger partial charge in [-0.3, -0.25) is 4.57 Å². The molecule has 298 valence electrons. The topological polar surface area (TPSA) is 61.9 Å². The van der Waals surface area contributed by atoms with Crippen LogP contribution in [0.3, 0.4) is 0 Å². The van der Waals surface area contributed by atoms with E-state index in [2.05, 4.69) is 167 Å². The van der Waals surface area contributed by atoms with E-state index in [1.165, 1.54) is 16.3 Å². The third-order valence-electron chi connectivity index (χ3n) is 12.9. The van der Waals surface area contributed by atoms with Crippen LogP contribution < -0.4 is 0 Å². The van der Waals surface area contributed by atoms with E-state index in [0.29, 0.717) is 5.95 Å². The summed E-state index contributed by atoms with van der Waals surface area (Å²) in [6.45, 7) is 0. The number of hydrogen-bond donors (Lipinski definition) is 0. The average molecular weight is 819 g/mol. The second-order valence-corrected chi connectivity index (χ2v) is 16.6. The van der Waals surface area contributed by atoms with E-state index in [0.717, 1.165) is 111 Å². The van der Waals surface area contributed by atoms with Gasteiger partial charge in [-0.1, -0.05) is 127 Å². The van der Waals surface area contributed by atoms with Crippen LogP contribution in [0.15, 0.2) is 215 Å². The smallest absolute Gasteiger partial charge is 0.235 e. The molecule has 5 aromatic heterocycles. The van der Waals surface area contributed by atoms with E-state index < -0.39 is 0 Å². The maximum atomic E-state index is 6.63. The largest absolute Gasteiger partial charge is 0.456 e. The summed E-state index contributed by atoms with van der Waals surface area (Å²) in [5, 5.41) is 8.94. The van der Waals surface area contributed by atoms with Crippen LogP contribution >= 0.6 is 0 Å². The van der Waals surface area contributed by atoms with Crippen molar-refractivity contribution in [3.05, 3.63) is 206 Å². The highest BCUT2D eigenvalue weighted by Gasteiger charge is 2.21. The summed E-state index contributed by atoms with van der Waals surface area (Å²) < 4.78 is 17.7. The molecule has 0 fully saturated rings. The molecule has 0 atom stereocenters. The van der Waals surface area contributed by atoms with Crippen molar-refractivity contribution >= 4 is 87.5 Å². The van der Waals surface area contributed by atoms with E-state index >= 15 is 0 Å². The van der Waals surface area contributed by atoms with Gasteiger partial charge in [-0.15, -0.1) is 0 Å². The standard InChI is InChI=1S/C58H34N4O2/c1-4-14-35(15-5-1)48-32-49(36-16-6-2-7-17-36)60-58(59-48)62-51-26-24-37(28-42(51)44-31-46-41-21-11-13-23-54(41)63-56(46)34-53(44)62)38-25-27-55-45(29-38)47-30-43-40-20-10-12-22-50(40)61(39-18-8-3-9-19-39)52(43)33-57(47)64-55/h1-34H. The Hall–Kier alpha value is -8.74. The molecule has 14 rings (SSSR count). The maximum absolute atomic E-state index is 6.63. The Bertz CT molecular complexity index is 4120. The lowest BCUT2D eigenvalue weighted by Gasteiger charge is -2.12. The molecule has 0 saturated carbocycles. The van der Waals surface area contributed by atoms with Crippen molar-refractivity contribution in [2.24, 2.45) is 0 Å². The maximum Gasteiger partial charge on any atom is 0.235 e. The number of rotatable bonds is 5. The van der Waals surface area contributed by atoms with Crippen LogP contribution in [-0.4, -0.2) is 19.1 Å². The summed E-state index contributed by atoms with van der Waals surface area (Å²) in [4.78, 5) is 10.6. The van der Waals surface area contributed by atoms with Crippen molar-refractivity contribution in [2.75, 3.05) is 0 Å². The summed E-state index contributed by atoms with van der Waals surface area (Å²) in [6, 6.07) is 72.5. The van der Waals surface area contributed by atoms with Gasteiger partial charge in [0.2, 0.25) is 5.95 Å².